The smallest absolute Gasteiger partial charge is 0.230 e. The average Bonchev–Trinajstić information content (AvgIpc) is 2.81. The van der Waals surface area contributed by atoms with Crippen LogP contribution in [0.3, 0.4) is 0 Å². The monoisotopic (exact) mass is 364 g/mol. The van der Waals surface area contributed by atoms with Gasteiger partial charge in [0.1, 0.15) is 0 Å². The molecule has 0 aromatic heterocycles. The molecule has 2 aliphatic rings. The van der Waals surface area contributed by atoms with Gasteiger partial charge in [0.15, 0.2) is 9.84 Å². The van der Waals surface area contributed by atoms with Gasteiger partial charge in [-0.2, -0.15) is 0 Å². The molecular formula is C15H28N2O4S2. The van der Waals surface area contributed by atoms with Crippen molar-refractivity contribution in [2.24, 2.45) is 0 Å². The first kappa shape index (κ1) is 19.0. The predicted octanol–water partition coefficient (Wildman–Crippen LogP) is 0.521. The van der Waals surface area contributed by atoms with Gasteiger partial charge in [-0.1, -0.05) is 0 Å². The lowest BCUT2D eigenvalue weighted by Crippen LogP contribution is -2.52. The van der Waals surface area contributed by atoms with Crippen LogP contribution in [0.5, 0.6) is 0 Å². The summed E-state index contributed by atoms with van der Waals surface area (Å²) in [5.41, 5.74) is 0. The van der Waals surface area contributed by atoms with E-state index >= 15 is 0 Å². The summed E-state index contributed by atoms with van der Waals surface area (Å²) in [6.07, 6.45) is 1.11. The number of amides is 1. The van der Waals surface area contributed by atoms with Crippen molar-refractivity contribution in [2.75, 3.05) is 36.9 Å². The van der Waals surface area contributed by atoms with Crippen LogP contribution in [0.15, 0.2) is 0 Å². The van der Waals surface area contributed by atoms with Gasteiger partial charge in [0, 0.05) is 30.9 Å². The Bertz CT molecular complexity index is 502. The van der Waals surface area contributed by atoms with Crippen LogP contribution in [0.2, 0.25) is 0 Å². The third kappa shape index (κ3) is 6.25. The highest BCUT2D eigenvalue weighted by Gasteiger charge is 2.29. The lowest BCUT2D eigenvalue weighted by Gasteiger charge is -2.39. The molecule has 1 N–H and O–H groups in total. The Kier molecular flexibility index (Phi) is 6.77. The number of sulfone groups is 1. The topological polar surface area (TPSA) is 75.7 Å². The van der Waals surface area contributed by atoms with Gasteiger partial charge in [0.05, 0.1) is 29.5 Å². The molecule has 2 rings (SSSR count). The number of rotatable bonds is 6. The minimum atomic E-state index is -2.87. The molecule has 2 heterocycles. The zero-order valence-corrected chi connectivity index (χ0v) is 15.8. The molecule has 0 spiro atoms. The molecule has 2 aliphatic heterocycles. The van der Waals surface area contributed by atoms with E-state index in [4.69, 9.17) is 4.74 Å². The molecule has 0 aromatic carbocycles. The Balaban J connectivity index is 1.66. The second-order valence-electron chi connectivity index (χ2n) is 6.70. The van der Waals surface area contributed by atoms with Crippen LogP contribution in [0.25, 0.3) is 0 Å². The molecule has 2 saturated heterocycles. The van der Waals surface area contributed by atoms with Crippen LogP contribution in [0, 0.1) is 0 Å². The van der Waals surface area contributed by atoms with Crippen LogP contribution < -0.4 is 5.32 Å². The van der Waals surface area contributed by atoms with Gasteiger partial charge in [-0.25, -0.2) is 8.42 Å². The zero-order chi connectivity index (χ0) is 17.0. The number of ether oxygens (including phenoxy) is 1. The molecule has 0 bridgehead atoms. The van der Waals surface area contributed by atoms with E-state index in [1.165, 1.54) is 11.8 Å². The van der Waals surface area contributed by atoms with Crippen molar-refractivity contribution in [3.05, 3.63) is 0 Å². The maximum absolute atomic E-state index is 12.0. The highest BCUT2D eigenvalue weighted by Crippen LogP contribution is 2.24. The normalized spacial score (nSPS) is 32.6. The standard InChI is InChI=1S/C15H28N2O4S2/c1-11(17-7-12(2)21-13(3)8-17)6-16-15(18)9-22-14-4-5-23(19,20)10-14/h11-14H,4-10H2,1-3H3,(H,16,18)/t11-,12-,13+,14+/m1/s1. The first-order valence-corrected chi connectivity index (χ1v) is 11.1. The van der Waals surface area contributed by atoms with E-state index in [1.807, 2.05) is 0 Å². The Morgan fingerprint density at radius 1 is 1.35 bits per heavy atom. The number of hydrogen-bond donors (Lipinski definition) is 1. The number of carbonyl (C=O) groups excluding carboxylic acids is 1. The van der Waals surface area contributed by atoms with Gasteiger partial charge in [0.25, 0.3) is 0 Å². The van der Waals surface area contributed by atoms with Crippen LogP contribution in [-0.2, 0) is 19.4 Å². The SMILES string of the molecule is C[C@@H]1CN([C@H](C)CNC(=O)CS[C@H]2CCS(=O)(=O)C2)C[C@H](C)O1. The van der Waals surface area contributed by atoms with Gasteiger partial charge in [-0.05, 0) is 27.2 Å². The quantitative estimate of drug-likeness (QED) is 0.741. The van der Waals surface area contributed by atoms with E-state index < -0.39 is 9.84 Å². The fourth-order valence-corrected chi connectivity index (χ4v) is 6.58. The summed E-state index contributed by atoms with van der Waals surface area (Å²) in [6.45, 7) is 8.64. The van der Waals surface area contributed by atoms with Gasteiger partial charge < -0.3 is 10.1 Å². The summed E-state index contributed by atoms with van der Waals surface area (Å²) in [6, 6.07) is 0.268. The van der Waals surface area contributed by atoms with Crippen molar-refractivity contribution < 1.29 is 17.9 Å². The summed E-state index contributed by atoms with van der Waals surface area (Å²) in [4.78, 5) is 14.3. The van der Waals surface area contributed by atoms with Crippen molar-refractivity contribution in [1.82, 2.24) is 10.2 Å². The van der Waals surface area contributed by atoms with Crippen molar-refractivity contribution in [3.8, 4) is 0 Å². The molecule has 134 valence electrons. The molecule has 8 heteroatoms. The van der Waals surface area contributed by atoms with E-state index in [9.17, 15) is 13.2 Å². The number of nitrogens with one attached hydrogen (secondary N) is 1. The highest BCUT2D eigenvalue weighted by atomic mass is 32.2. The van der Waals surface area contributed by atoms with Crippen LogP contribution in [0.1, 0.15) is 27.2 Å². The van der Waals surface area contributed by atoms with Gasteiger partial charge >= 0.3 is 0 Å². The third-order valence-electron chi connectivity index (χ3n) is 4.31. The summed E-state index contributed by atoms with van der Waals surface area (Å²) in [7, 11) is -2.87. The maximum atomic E-state index is 12.0. The maximum Gasteiger partial charge on any atom is 0.230 e. The molecule has 2 fully saturated rings. The van der Waals surface area contributed by atoms with E-state index in [1.54, 1.807) is 0 Å². The molecule has 1 amide bonds. The zero-order valence-electron chi connectivity index (χ0n) is 14.2. The van der Waals surface area contributed by atoms with Crippen LogP contribution in [0.4, 0.5) is 0 Å². The van der Waals surface area contributed by atoms with Gasteiger partial charge in [-0.3, -0.25) is 9.69 Å². The molecule has 0 radical (unpaired) electrons. The number of carbonyl (C=O) groups is 1. The Hall–Kier alpha value is -0.310. The van der Waals surface area contributed by atoms with E-state index in [2.05, 4.69) is 31.0 Å². The predicted molar refractivity (Wildman–Crippen MR) is 93.6 cm³/mol. The summed E-state index contributed by atoms with van der Waals surface area (Å²) in [5.74, 6) is 0.797. The Labute approximate surface area is 143 Å². The molecule has 0 aliphatic carbocycles. The molecule has 4 atom stereocenters. The van der Waals surface area contributed by atoms with Gasteiger partial charge in [0.2, 0.25) is 5.91 Å². The Morgan fingerprint density at radius 3 is 2.57 bits per heavy atom. The first-order valence-electron chi connectivity index (χ1n) is 8.23. The molecule has 6 nitrogen and oxygen atoms in total. The summed E-state index contributed by atoms with van der Waals surface area (Å²) < 4.78 is 28.5. The second kappa shape index (κ2) is 8.18. The van der Waals surface area contributed by atoms with Crippen molar-refractivity contribution >= 4 is 27.5 Å². The second-order valence-corrected chi connectivity index (χ2v) is 10.2. The van der Waals surface area contributed by atoms with Gasteiger partial charge in [-0.15, -0.1) is 11.8 Å². The van der Waals surface area contributed by atoms with E-state index in [-0.39, 0.29) is 40.9 Å². The third-order valence-corrected chi connectivity index (χ3v) is 7.59. The summed E-state index contributed by atoms with van der Waals surface area (Å²) >= 11 is 1.46. The number of morpholine rings is 1. The summed E-state index contributed by atoms with van der Waals surface area (Å²) in [5, 5.41) is 3.04. The number of hydrogen-bond acceptors (Lipinski definition) is 6. The van der Waals surface area contributed by atoms with Crippen LogP contribution >= 0.6 is 11.8 Å². The average molecular weight is 365 g/mol. The van der Waals surface area contributed by atoms with Crippen LogP contribution in [-0.4, -0.2) is 79.6 Å². The Morgan fingerprint density at radius 2 is 2.00 bits per heavy atom. The van der Waals surface area contributed by atoms with E-state index in [0.717, 1.165) is 13.1 Å². The number of nitrogens with zero attached hydrogens (tertiary/aromatic N) is 1. The van der Waals surface area contributed by atoms with Crippen molar-refractivity contribution in [3.63, 3.8) is 0 Å². The largest absolute Gasteiger partial charge is 0.373 e. The van der Waals surface area contributed by atoms with Crippen molar-refractivity contribution in [1.29, 1.82) is 0 Å². The minimum absolute atomic E-state index is 0.0134. The molecule has 23 heavy (non-hydrogen) atoms. The number of thioether (sulfide) groups is 1. The lowest BCUT2D eigenvalue weighted by atomic mass is 10.2. The first-order chi connectivity index (χ1) is 10.7. The minimum Gasteiger partial charge on any atom is -0.373 e. The molecular weight excluding hydrogens is 336 g/mol. The molecule has 0 unspecified atom stereocenters. The lowest BCUT2D eigenvalue weighted by molar-refractivity contribution is -0.119. The molecule has 0 saturated carbocycles. The fourth-order valence-electron chi connectivity index (χ4n) is 3.11. The van der Waals surface area contributed by atoms with Crippen molar-refractivity contribution in [2.45, 2.75) is 50.7 Å². The fraction of sp³-hybridized carbons (Fsp3) is 0.933. The highest BCUT2D eigenvalue weighted by molar-refractivity contribution is 8.02. The van der Waals surface area contributed by atoms with E-state index in [0.29, 0.717) is 18.7 Å². The molecule has 0 aromatic rings.